The van der Waals surface area contributed by atoms with Gasteiger partial charge in [0.05, 0.1) is 12.7 Å². The van der Waals surface area contributed by atoms with Crippen LogP contribution >= 0.6 is 0 Å². The average molecular weight is 379 g/mol. The van der Waals surface area contributed by atoms with Crippen molar-refractivity contribution < 1.29 is 23.5 Å². The SMILES string of the molecule is COc1ccc2oc(C(=O)NNC(=O)COc3ccccc3C#N)c(C)c2c1. The first-order valence-corrected chi connectivity index (χ1v) is 8.31. The van der Waals surface area contributed by atoms with Crippen molar-refractivity contribution in [1.29, 1.82) is 5.26 Å². The van der Waals surface area contributed by atoms with Gasteiger partial charge in [-0.15, -0.1) is 0 Å². The van der Waals surface area contributed by atoms with E-state index < -0.39 is 11.8 Å². The van der Waals surface area contributed by atoms with Gasteiger partial charge in [0.25, 0.3) is 5.91 Å². The van der Waals surface area contributed by atoms with Gasteiger partial charge in [-0.3, -0.25) is 20.4 Å². The van der Waals surface area contributed by atoms with Crippen LogP contribution in [0.5, 0.6) is 11.5 Å². The van der Waals surface area contributed by atoms with Crippen molar-refractivity contribution in [2.45, 2.75) is 6.92 Å². The van der Waals surface area contributed by atoms with E-state index in [0.717, 1.165) is 5.39 Å². The molecule has 0 bridgehead atoms. The van der Waals surface area contributed by atoms with E-state index in [-0.39, 0.29) is 18.1 Å². The quantitative estimate of drug-likeness (QED) is 0.658. The summed E-state index contributed by atoms with van der Waals surface area (Å²) in [5, 5.41) is 9.74. The summed E-state index contributed by atoms with van der Waals surface area (Å²) in [6, 6.07) is 13.7. The Bertz CT molecular complexity index is 1080. The number of carbonyl (C=O) groups excluding carboxylic acids is 2. The van der Waals surface area contributed by atoms with E-state index in [9.17, 15) is 9.59 Å². The van der Waals surface area contributed by atoms with Gasteiger partial charge < -0.3 is 13.9 Å². The van der Waals surface area contributed by atoms with E-state index in [2.05, 4.69) is 10.9 Å². The monoisotopic (exact) mass is 379 g/mol. The Kier molecular flexibility index (Phi) is 5.46. The molecular weight excluding hydrogens is 362 g/mol. The van der Waals surface area contributed by atoms with Crippen LogP contribution in [-0.2, 0) is 4.79 Å². The van der Waals surface area contributed by atoms with Gasteiger partial charge in [-0.1, -0.05) is 12.1 Å². The molecule has 0 aliphatic heterocycles. The third kappa shape index (κ3) is 3.88. The molecule has 1 heterocycles. The van der Waals surface area contributed by atoms with Gasteiger partial charge in [0.2, 0.25) is 0 Å². The van der Waals surface area contributed by atoms with Crippen molar-refractivity contribution in [3.63, 3.8) is 0 Å². The summed E-state index contributed by atoms with van der Waals surface area (Å²) in [6.07, 6.45) is 0. The minimum Gasteiger partial charge on any atom is -0.497 e. The fraction of sp³-hybridized carbons (Fsp3) is 0.150. The first kappa shape index (κ1) is 18.8. The molecule has 2 N–H and O–H groups in total. The lowest BCUT2D eigenvalue weighted by Gasteiger charge is -2.09. The number of fused-ring (bicyclic) bond motifs is 1. The first-order chi connectivity index (χ1) is 13.5. The van der Waals surface area contributed by atoms with Crippen molar-refractivity contribution in [3.05, 3.63) is 59.4 Å². The fourth-order valence-corrected chi connectivity index (χ4v) is 2.59. The number of hydrogen-bond donors (Lipinski definition) is 2. The molecule has 8 heteroatoms. The summed E-state index contributed by atoms with van der Waals surface area (Å²) in [7, 11) is 1.55. The molecule has 0 unspecified atom stereocenters. The van der Waals surface area contributed by atoms with Crippen molar-refractivity contribution in [2.75, 3.05) is 13.7 Å². The number of ether oxygens (including phenoxy) is 2. The average Bonchev–Trinajstić information content (AvgIpc) is 3.06. The molecule has 8 nitrogen and oxygen atoms in total. The fourth-order valence-electron chi connectivity index (χ4n) is 2.59. The number of furan rings is 1. The van der Waals surface area contributed by atoms with Gasteiger partial charge in [-0.2, -0.15) is 5.26 Å². The summed E-state index contributed by atoms with van der Waals surface area (Å²) in [5.74, 6) is -0.172. The number of nitrogens with one attached hydrogen (secondary N) is 2. The zero-order valence-electron chi connectivity index (χ0n) is 15.2. The predicted molar refractivity (Wildman–Crippen MR) is 99.8 cm³/mol. The lowest BCUT2D eigenvalue weighted by atomic mass is 10.1. The molecule has 0 spiro atoms. The molecule has 0 radical (unpaired) electrons. The second-order valence-electron chi connectivity index (χ2n) is 5.82. The first-order valence-electron chi connectivity index (χ1n) is 8.31. The number of hydrogen-bond acceptors (Lipinski definition) is 6. The number of amides is 2. The molecule has 0 fully saturated rings. The van der Waals surface area contributed by atoms with E-state index in [4.69, 9.17) is 19.2 Å². The zero-order chi connectivity index (χ0) is 20.1. The zero-order valence-corrected chi connectivity index (χ0v) is 15.2. The third-order valence-electron chi connectivity index (χ3n) is 4.03. The van der Waals surface area contributed by atoms with E-state index in [1.54, 1.807) is 56.5 Å². The second-order valence-corrected chi connectivity index (χ2v) is 5.82. The number of aryl methyl sites for hydroxylation is 1. The Morgan fingerprint density at radius 1 is 1.18 bits per heavy atom. The van der Waals surface area contributed by atoms with Crippen LogP contribution in [0.1, 0.15) is 21.7 Å². The minimum absolute atomic E-state index is 0.0827. The number of para-hydroxylation sites is 1. The summed E-state index contributed by atoms with van der Waals surface area (Å²) >= 11 is 0. The Morgan fingerprint density at radius 3 is 2.71 bits per heavy atom. The van der Waals surface area contributed by atoms with Gasteiger partial charge in [-0.25, -0.2) is 0 Å². The number of methoxy groups -OCH3 is 1. The lowest BCUT2D eigenvalue weighted by Crippen LogP contribution is -2.43. The Balaban J connectivity index is 1.61. The highest BCUT2D eigenvalue weighted by Crippen LogP contribution is 2.28. The van der Waals surface area contributed by atoms with Crippen LogP contribution < -0.4 is 20.3 Å². The molecule has 0 atom stereocenters. The van der Waals surface area contributed by atoms with Crippen LogP contribution in [0.3, 0.4) is 0 Å². The highest BCUT2D eigenvalue weighted by Gasteiger charge is 2.18. The summed E-state index contributed by atoms with van der Waals surface area (Å²) in [5.41, 5.74) is 6.01. The molecule has 2 aromatic carbocycles. The van der Waals surface area contributed by atoms with Crippen LogP contribution in [0.25, 0.3) is 11.0 Å². The maximum absolute atomic E-state index is 12.3. The summed E-state index contributed by atoms with van der Waals surface area (Å²) < 4.78 is 16.0. The largest absolute Gasteiger partial charge is 0.497 e. The van der Waals surface area contributed by atoms with Crippen LogP contribution in [0, 0.1) is 18.3 Å². The maximum atomic E-state index is 12.3. The van der Waals surface area contributed by atoms with Crippen LogP contribution in [0.2, 0.25) is 0 Å². The number of nitriles is 1. The Morgan fingerprint density at radius 2 is 1.96 bits per heavy atom. The van der Waals surface area contributed by atoms with Crippen molar-refractivity contribution in [1.82, 2.24) is 10.9 Å². The lowest BCUT2D eigenvalue weighted by molar-refractivity contribution is -0.123. The molecule has 3 rings (SSSR count). The van der Waals surface area contributed by atoms with Crippen molar-refractivity contribution in [2.24, 2.45) is 0 Å². The van der Waals surface area contributed by atoms with Crippen LogP contribution in [0.4, 0.5) is 0 Å². The predicted octanol–water partition coefficient (Wildman–Crippen LogP) is 2.46. The van der Waals surface area contributed by atoms with Crippen LogP contribution in [-0.4, -0.2) is 25.5 Å². The molecule has 1 aromatic heterocycles. The van der Waals surface area contributed by atoms with E-state index in [0.29, 0.717) is 22.5 Å². The second kappa shape index (κ2) is 8.14. The standard InChI is InChI=1S/C20H17N3O5/c1-12-15-9-14(26-2)7-8-17(15)28-19(12)20(25)23-22-18(24)11-27-16-6-4-3-5-13(16)10-21/h3-9H,11H2,1-2H3,(H,22,24)(H,23,25). The molecule has 2 amide bonds. The summed E-state index contributed by atoms with van der Waals surface area (Å²) in [4.78, 5) is 24.2. The molecule has 0 saturated carbocycles. The van der Waals surface area contributed by atoms with Gasteiger partial charge in [-0.05, 0) is 37.3 Å². The Hall–Kier alpha value is -3.99. The maximum Gasteiger partial charge on any atom is 0.305 e. The highest BCUT2D eigenvalue weighted by molar-refractivity contribution is 5.99. The molecule has 0 aliphatic carbocycles. The van der Waals surface area contributed by atoms with E-state index >= 15 is 0 Å². The molecule has 0 saturated heterocycles. The van der Waals surface area contributed by atoms with Gasteiger partial charge in [0.1, 0.15) is 23.2 Å². The number of carbonyl (C=O) groups is 2. The molecule has 28 heavy (non-hydrogen) atoms. The minimum atomic E-state index is -0.599. The number of benzene rings is 2. The molecule has 0 aliphatic rings. The van der Waals surface area contributed by atoms with E-state index in [1.165, 1.54) is 0 Å². The molecule has 142 valence electrons. The Labute approximate surface area is 160 Å². The number of nitrogens with zero attached hydrogens (tertiary/aromatic N) is 1. The van der Waals surface area contributed by atoms with Gasteiger partial charge in [0, 0.05) is 10.9 Å². The summed E-state index contributed by atoms with van der Waals surface area (Å²) in [6.45, 7) is 1.37. The molecule has 3 aromatic rings. The van der Waals surface area contributed by atoms with Crippen molar-refractivity contribution >= 4 is 22.8 Å². The third-order valence-corrected chi connectivity index (χ3v) is 4.03. The molecular formula is C20H17N3O5. The number of rotatable bonds is 5. The van der Waals surface area contributed by atoms with Gasteiger partial charge in [0.15, 0.2) is 12.4 Å². The van der Waals surface area contributed by atoms with Crippen LogP contribution in [0.15, 0.2) is 46.9 Å². The highest BCUT2D eigenvalue weighted by atomic mass is 16.5. The van der Waals surface area contributed by atoms with Gasteiger partial charge >= 0.3 is 5.91 Å². The van der Waals surface area contributed by atoms with E-state index in [1.807, 2.05) is 6.07 Å². The topological polar surface area (TPSA) is 114 Å². The number of hydrazine groups is 1. The normalized spacial score (nSPS) is 10.2. The smallest absolute Gasteiger partial charge is 0.305 e. The van der Waals surface area contributed by atoms with Crippen molar-refractivity contribution in [3.8, 4) is 17.6 Å².